The van der Waals surface area contributed by atoms with Crippen LogP contribution in [0.15, 0.2) is 22.7 Å². The van der Waals surface area contributed by atoms with Crippen LogP contribution in [0.5, 0.6) is 0 Å². The van der Waals surface area contributed by atoms with E-state index in [0.29, 0.717) is 10.2 Å². The van der Waals surface area contributed by atoms with Crippen molar-refractivity contribution < 1.29 is 9.72 Å². The number of hydrogen-bond acceptors (Lipinski definition) is 4. The molecule has 0 radical (unpaired) electrons. The second kappa shape index (κ2) is 6.81. The fourth-order valence-electron chi connectivity index (χ4n) is 2.19. The maximum absolute atomic E-state index is 12.2. The van der Waals surface area contributed by atoms with E-state index in [4.69, 9.17) is 0 Å². The zero-order chi connectivity index (χ0) is 14.5. The summed E-state index contributed by atoms with van der Waals surface area (Å²) in [5.41, 5.74) is 0.536. The summed E-state index contributed by atoms with van der Waals surface area (Å²) in [6.45, 7) is 0.847. The Morgan fingerprint density at radius 2 is 2.20 bits per heavy atom. The number of nitro benzene ring substituents is 1. The van der Waals surface area contributed by atoms with E-state index in [1.54, 1.807) is 0 Å². The Bertz CT molecular complexity index is 514. The molecular weight excluding hydrogens is 326 g/mol. The molecule has 2 N–H and O–H groups in total. The van der Waals surface area contributed by atoms with Gasteiger partial charge in [-0.3, -0.25) is 14.9 Å². The van der Waals surface area contributed by atoms with Crippen molar-refractivity contribution in [2.45, 2.75) is 31.7 Å². The number of non-ortho nitro benzene ring substituents is 1. The summed E-state index contributed by atoms with van der Waals surface area (Å²) in [4.78, 5) is 22.4. The molecule has 1 aliphatic heterocycles. The molecule has 0 spiro atoms. The lowest BCUT2D eigenvalue weighted by molar-refractivity contribution is -0.384. The molecule has 1 fully saturated rings. The number of nitro groups is 1. The molecule has 0 aliphatic carbocycles. The van der Waals surface area contributed by atoms with Crippen LogP contribution < -0.4 is 10.6 Å². The molecule has 108 valence electrons. The van der Waals surface area contributed by atoms with Crippen LogP contribution in [0.3, 0.4) is 0 Å². The molecular formula is C13H16BrN3O3. The number of benzene rings is 1. The van der Waals surface area contributed by atoms with Crippen molar-refractivity contribution in [1.82, 2.24) is 5.32 Å². The Kier molecular flexibility index (Phi) is 5.08. The Labute approximate surface area is 125 Å². The third kappa shape index (κ3) is 3.77. The number of rotatable bonds is 3. The van der Waals surface area contributed by atoms with Gasteiger partial charge in [-0.1, -0.05) is 12.8 Å². The lowest BCUT2D eigenvalue weighted by Gasteiger charge is -2.16. The number of carbonyl (C=O) groups is 1. The number of anilines is 1. The molecule has 2 rings (SSSR count). The highest BCUT2D eigenvalue weighted by Crippen LogP contribution is 2.27. The largest absolute Gasteiger partial charge is 0.324 e. The van der Waals surface area contributed by atoms with Crippen molar-refractivity contribution in [1.29, 1.82) is 0 Å². The topological polar surface area (TPSA) is 84.3 Å². The first-order valence-electron chi connectivity index (χ1n) is 6.56. The van der Waals surface area contributed by atoms with Crippen molar-refractivity contribution in [2.75, 3.05) is 11.9 Å². The van der Waals surface area contributed by atoms with Gasteiger partial charge >= 0.3 is 0 Å². The predicted octanol–water partition coefficient (Wildman–Crippen LogP) is 2.83. The van der Waals surface area contributed by atoms with Gasteiger partial charge in [-0.2, -0.15) is 0 Å². The Morgan fingerprint density at radius 1 is 1.40 bits per heavy atom. The van der Waals surface area contributed by atoms with Gasteiger partial charge in [0.1, 0.15) is 0 Å². The normalized spacial score (nSPS) is 19.1. The van der Waals surface area contributed by atoms with Crippen molar-refractivity contribution in [3.63, 3.8) is 0 Å². The van der Waals surface area contributed by atoms with Gasteiger partial charge in [0.05, 0.1) is 16.7 Å². The Hall–Kier alpha value is -1.47. The van der Waals surface area contributed by atoms with Crippen LogP contribution in [0, 0.1) is 10.1 Å². The summed E-state index contributed by atoms with van der Waals surface area (Å²) in [6.07, 6.45) is 4.08. The molecule has 1 aromatic carbocycles. The molecule has 1 heterocycles. The van der Waals surface area contributed by atoms with Crippen LogP contribution in [0.25, 0.3) is 0 Å². The highest BCUT2D eigenvalue weighted by molar-refractivity contribution is 9.10. The maximum atomic E-state index is 12.2. The van der Waals surface area contributed by atoms with Crippen LogP contribution >= 0.6 is 15.9 Å². The van der Waals surface area contributed by atoms with E-state index >= 15 is 0 Å². The highest BCUT2D eigenvalue weighted by Gasteiger charge is 2.20. The summed E-state index contributed by atoms with van der Waals surface area (Å²) in [5, 5.41) is 16.7. The third-order valence-corrected chi connectivity index (χ3v) is 3.95. The zero-order valence-electron chi connectivity index (χ0n) is 10.9. The van der Waals surface area contributed by atoms with Crippen LogP contribution in [0.2, 0.25) is 0 Å². The van der Waals surface area contributed by atoms with E-state index in [1.165, 1.54) is 18.2 Å². The first-order chi connectivity index (χ1) is 9.58. The van der Waals surface area contributed by atoms with E-state index in [1.807, 2.05) is 0 Å². The fourth-order valence-corrected chi connectivity index (χ4v) is 2.66. The molecule has 1 saturated heterocycles. The summed E-state index contributed by atoms with van der Waals surface area (Å²) >= 11 is 3.24. The SMILES string of the molecule is O=C(Nc1ccc([N+](=O)[O-])cc1Br)C1CCCCCN1. The summed E-state index contributed by atoms with van der Waals surface area (Å²) in [6, 6.07) is 4.10. The fraction of sp³-hybridized carbons (Fsp3) is 0.462. The molecule has 1 amide bonds. The number of nitrogens with zero attached hydrogens (tertiary/aromatic N) is 1. The Morgan fingerprint density at radius 3 is 2.90 bits per heavy atom. The molecule has 20 heavy (non-hydrogen) atoms. The summed E-state index contributed by atoms with van der Waals surface area (Å²) in [5.74, 6) is -0.0959. The second-order valence-electron chi connectivity index (χ2n) is 4.77. The van der Waals surface area contributed by atoms with Crippen molar-refractivity contribution in [2.24, 2.45) is 0 Å². The van der Waals surface area contributed by atoms with Crippen LogP contribution in [-0.2, 0) is 4.79 Å². The molecule has 1 aromatic rings. The average Bonchev–Trinajstić information content (AvgIpc) is 2.69. The quantitative estimate of drug-likeness (QED) is 0.653. The molecule has 0 bridgehead atoms. The molecule has 1 unspecified atom stereocenters. The number of hydrogen-bond donors (Lipinski definition) is 2. The molecule has 7 heteroatoms. The van der Waals surface area contributed by atoms with Gasteiger partial charge in [-0.05, 0) is 41.4 Å². The zero-order valence-corrected chi connectivity index (χ0v) is 12.5. The molecule has 1 aliphatic rings. The highest BCUT2D eigenvalue weighted by atomic mass is 79.9. The first-order valence-corrected chi connectivity index (χ1v) is 7.35. The van der Waals surface area contributed by atoms with Gasteiger partial charge < -0.3 is 10.6 Å². The van der Waals surface area contributed by atoms with Gasteiger partial charge in [0.15, 0.2) is 0 Å². The minimum atomic E-state index is -0.469. The monoisotopic (exact) mass is 341 g/mol. The van der Waals surface area contributed by atoms with E-state index < -0.39 is 4.92 Å². The first kappa shape index (κ1) is 14.9. The Balaban J connectivity index is 2.05. The van der Waals surface area contributed by atoms with Gasteiger partial charge in [0.2, 0.25) is 5.91 Å². The third-order valence-electron chi connectivity index (χ3n) is 3.30. The lowest BCUT2D eigenvalue weighted by Crippen LogP contribution is -2.39. The molecule has 0 saturated carbocycles. The van der Waals surface area contributed by atoms with Gasteiger partial charge in [0.25, 0.3) is 5.69 Å². The number of carbonyl (C=O) groups excluding carboxylic acids is 1. The smallest absolute Gasteiger partial charge is 0.270 e. The van der Waals surface area contributed by atoms with E-state index in [-0.39, 0.29) is 17.6 Å². The predicted molar refractivity (Wildman–Crippen MR) is 79.7 cm³/mol. The minimum Gasteiger partial charge on any atom is -0.324 e. The van der Waals surface area contributed by atoms with Crippen molar-refractivity contribution in [3.8, 4) is 0 Å². The number of halogens is 1. The maximum Gasteiger partial charge on any atom is 0.270 e. The van der Waals surface area contributed by atoms with Crippen molar-refractivity contribution >= 4 is 33.2 Å². The summed E-state index contributed by atoms with van der Waals surface area (Å²) < 4.78 is 0.508. The van der Waals surface area contributed by atoms with Gasteiger partial charge in [-0.15, -0.1) is 0 Å². The molecule has 6 nitrogen and oxygen atoms in total. The van der Waals surface area contributed by atoms with Crippen LogP contribution in [-0.4, -0.2) is 23.4 Å². The standard InChI is InChI=1S/C13H16BrN3O3/c14-10-8-9(17(19)20)5-6-11(10)16-13(18)12-4-2-1-3-7-15-12/h5-6,8,12,15H,1-4,7H2,(H,16,18). The second-order valence-corrected chi connectivity index (χ2v) is 5.62. The van der Waals surface area contributed by atoms with Crippen molar-refractivity contribution in [3.05, 3.63) is 32.8 Å². The van der Waals surface area contributed by atoms with E-state index in [0.717, 1.165) is 32.2 Å². The number of nitrogens with one attached hydrogen (secondary N) is 2. The number of amides is 1. The molecule has 1 atom stereocenters. The molecule has 0 aromatic heterocycles. The summed E-state index contributed by atoms with van der Waals surface area (Å²) in [7, 11) is 0. The van der Waals surface area contributed by atoms with Crippen LogP contribution in [0.1, 0.15) is 25.7 Å². The van der Waals surface area contributed by atoms with E-state index in [2.05, 4.69) is 26.6 Å². The van der Waals surface area contributed by atoms with E-state index in [9.17, 15) is 14.9 Å². The van der Waals surface area contributed by atoms with Crippen LogP contribution in [0.4, 0.5) is 11.4 Å². The van der Waals surface area contributed by atoms with Gasteiger partial charge in [-0.25, -0.2) is 0 Å². The average molecular weight is 342 g/mol. The minimum absolute atomic E-state index is 0.0116. The van der Waals surface area contributed by atoms with Gasteiger partial charge in [0, 0.05) is 16.6 Å². The lowest BCUT2D eigenvalue weighted by atomic mass is 10.1.